The normalized spacial score (nSPS) is 12.7. The first kappa shape index (κ1) is 20.8. The first-order valence-corrected chi connectivity index (χ1v) is 8.63. The highest BCUT2D eigenvalue weighted by molar-refractivity contribution is 5.78. The maximum atomic E-state index is 13.2. The molecule has 2 aromatic carbocycles. The summed E-state index contributed by atoms with van der Waals surface area (Å²) in [7, 11) is 0. The first-order chi connectivity index (χ1) is 12.8. The van der Waals surface area contributed by atoms with E-state index in [9.17, 15) is 18.0 Å². The zero-order chi connectivity index (χ0) is 19.9. The predicted molar refractivity (Wildman–Crippen MR) is 97.3 cm³/mol. The number of benzene rings is 2. The van der Waals surface area contributed by atoms with Crippen LogP contribution in [0.1, 0.15) is 31.0 Å². The number of amides is 1. The summed E-state index contributed by atoms with van der Waals surface area (Å²) in [5.41, 5.74) is 0.897. The molecule has 4 nitrogen and oxygen atoms in total. The molecule has 0 fully saturated rings. The highest BCUT2D eigenvalue weighted by Gasteiger charge is 2.40. The second-order valence-corrected chi connectivity index (χ2v) is 6.35. The molecule has 0 spiro atoms. The monoisotopic (exact) mass is 380 g/mol. The van der Waals surface area contributed by atoms with Crippen molar-refractivity contribution in [2.45, 2.75) is 38.7 Å². The van der Waals surface area contributed by atoms with Gasteiger partial charge in [0.2, 0.25) is 5.91 Å². The standard InChI is InChI=1S/C20H23F3N2O2/c1-14(2)27-17-10-8-15(9-11-17)12-24-18(26)13-25-19(20(21,22)23)16-6-4-3-5-7-16/h3-11,14,19,25H,12-13H2,1-2H3,(H,24,26). The highest BCUT2D eigenvalue weighted by atomic mass is 19.4. The van der Waals surface area contributed by atoms with E-state index in [-0.39, 0.29) is 18.2 Å². The summed E-state index contributed by atoms with van der Waals surface area (Å²) in [5, 5.41) is 4.89. The molecule has 0 aliphatic heterocycles. The molecular formula is C20H23F3N2O2. The lowest BCUT2D eigenvalue weighted by Crippen LogP contribution is -2.40. The quantitative estimate of drug-likeness (QED) is 0.728. The zero-order valence-corrected chi connectivity index (χ0v) is 15.2. The fraction of sp³-hybridized carbons (Fsp3) is 0.350. The van der Waals surface area contributed by atoms with Crippen molar-refractivity contribution < 1.29 is 22.7 Å². The Kier molecular flexibility index (Phi) is 7.24. The Balaban J connectivity index is 1.85. The van der Waals surface area contributed by atoms with Crippen LogP contribution in [-0.2, 0) is 11.3 Å². The summed E-state index contributed by atoms with van der Waals surface area (Å²) in [6.45, 7) is 3.63. The average molecular weight is 380 g/mol. The Bertz CT molecular complexity index is 716. The van der Waals surface area contributed by atoms with Gasteiger partial charge in [0.1, 0.15) is 11.8 Å². The van der Waals surface area contributed by atoms with Gasteiger partial charge >= 0.3 is 6.18 Å². The first-order valence-electron chi connectivity index (χ1n) is 8.63. The Hall–Kier alpha value is -2.54. The van der Waals surface area contributed by atoms with E-state index >= 15 is 0 Å². The zero-order valence-electron chi connectivity index (χ0n) is 15.2. The molecule has 0 saturated heterocycles. The van der Waals surface area contributed by atoms with Crippen LogP contribution >= 0.6 is 0 Å². The predicted octanol–water partition coefficient (Wildman–Crippen LogP) is 3.98. The molecule has 1 amide bonds. The van der Waals surface area contributed by atoms with Crippen molar-refractivity contribution in [2.24, 2.45) is 0 Å². The van der Waals surface area contributed by atoms with E-state index in [0.29, 0.717) is 0 Å². The van der Waals surface area contributed by atoms with Gasteiger partial charge in [-0.3, -0.25) is 10.1 Å². The van der Waals surface area contributed by atoms with Crippen LogP contribution in [-0.4, -0.2) is 24.7 Å². The molecule has 2 N–H and O–H groups in total. The molecule has 27 heavy (non-hydrogen) atoms. The molecule has 146 valence electrons. The summed E-state index contributed by atoms with van der Waals surface area (Å²) in [6.07, 6.45) is -4.43. The van der Waals surface area contributed by atoms with E-state index in [2.05, 4.69) is 10.6 Å². The smallest absolute Gasteiger partial charge is 0.407 e. The van der Waals surface area contributed by atoms with Crippen LogP contribution in [0.2, 0.25) is 0 Å². The van der Waals surface area contributed by atoms with E-state index in [1.54, 1.807) is 30.3 Å². The van der Waals surface area contributed by atoms with E-state index < -0.39 is 24.7 Å². The lowest BCUT2D eigenvalue weighted by atomic mass is 10.1. The largest absolute Gasteiger partial charge is 0.491 e. The number of hydrogen-bond acceptors (Lipinski definition) is 3. The summed E-state index contributed by atoms with van der Waals surface area (Å²) >= 11 is 0. The van der Waals surface area contributed by atoms with Gasteiger partial charge in [0.15, 0.2) is 0 Å². The van der Waals surface area contributed by atoms with E-state index in [1.165, 1.54) is 24.3 Å². The number of hydrogen-bond donors (Lipinski definition) is 2. The third-order valence-corrected chi connectivity index (χ3v) is 3.71. The van der Waals surface area contributed by atoms with Gasteiger partial charge in [0.25, 0.3) is 0 Å². The van der Waals surface area contributed by atoms with Crippen LogP contribution in [0.25, 0.3) is 0 Å². The molecule has 0 saturated carbocycles. The molecular weight excluding hydrogens is 357 g/mol. The number of ether oxygens (including phenoxy) is 1. The number of nitrogens with one attached hydrogen (secondary N) is 2. The summed E-state index contributed by atoms with van der Waals surface area (Å²) in [4.78, 5) is 11.9. The van der Waals surface area contributed by atoms with Gasteiger partial charge in [0.05, 0.1) is 12.6 Å². The fourth-order valence-corrected chi connectivity index (χ4v) is 2.48. The number of alkyl halides is 3. The van der Waals surface area contributed by atoms with E-state index in [4.69, 9.17) is 4.74 Å². The summed E-state index contributed by atoms with van der Waals surface area (Å²) in [5.74, 6) is 0.209. The number of halogens is 3. The molecule has 1 unspecified atom stereocenters. The van der Waals surface area contributed by atoms with Crippen LogP contribution in [0.4, 0.5) is 13.2 Å². The molecule has 1 atom stereocenters. The number of carbonyl (C=O) groups is 1. The highest BCUT2D eigenvalue weighted by Crippen LogP contribution is 2.32. The minimum Gasteiger partial charge on any atom is -0.491 e. The van der Waals surface area contributed by atoms with Crippen molar-refractivity contribution >= 4 is 5.91 Å². The van der Waals surface area contributed by atoms with Gasteiger partial charge in [0, 0.05) is 6.54 Å². The van der Waals surface area contributed by atoms with Crippen LogP contribution in [0.3, 0.4) is 0 Å². The van der Waals surface area contributed by atoms with Crippen molar-refractivity contribution in [3.05, 3.63) is 65.7 Å². The average Bonchev–Trinajstić information content (AvgIpc) is 2.60. The van der Waals surface area contributed by atoms with Crippen molar-refractivity contribution in [1.82, 2.24) is 10.6 Å². The fourth-order valence-electron chi connectivity index (χ4n) is 2.48. The second kappa shape index (κ2) is 9.41. The Morgan fingerprint density at radius 3 is 2.22 bits per heavy atom. The number of rotatable bonds is 8. The Morgan fingerprint density at radius 1 is 1.04 bits per heavy atom. The molecule has 2 aromatic rings. The number of carbonyl (C=O) groups excluding carboxylic acids is 1. The van der Waals surface area contributed by atoms with Crippen molar-refractivity contribution in [1.29, 1.82) is 0 Å². The molecule has 7 heteroatoms. The molecule has 0 aliphatic rings. The molecule has 0 aromatic heterocycles. The van der Waals surface area contributed by atoms with Crippen LogP contribution < -0.4 is 15.4 Å². The van der Waals surface area contributed by atoms with Gasteiger partial charge in [-0.15, -0.1) is 0 Å². The van der Waals surface area contributed by atoms with Crippen molar-refractivity contribution in [3.8, 4) is 5.75 Å². The van der Waals surface area contributed by atoms with Gasteiger partial charge in [-0.25, -0.2) is 0 Å². The summed E-state index contributed by atoms with van der Waals surface area (Å²) in [6, 6.07) is 12.7. The van der Waals surface area contributed by atoms with Crippen LogP contribution in [0, 0.1) is 0 Å². The third-order valence-electron chi connectivity index (χ3n) is 3.71. The van der Waals surface area contributed by atoms with Crippen molar-refractivity contribution in [2.75, 3.05) is 6.54 Å². The topological polar surface area (TPSA) is 50.4 Å². The molecule has 0 bridgehead atoms. The summed E-state index contributed by atoms with van der Waals surface area (Å²) < 4.78 is 45.2. The Morgan fingerprint density at radius 2 is 1.67 bits per heavy atom. The minimum absolute atomic E-state index is 0.0628. The molecule has 0 aliphatic carbocycles. The van der Waals surface area contributed by atoms with Gasteiger partial charge in [-0.2, -0.15) is 13.2 Å². The van der Waals surface area contributed by atoms with Crippen LogP contribution in [0.5, 0.6) is 5.75 Å². The van der Waals surface area contributed by atoms with Gasteiger partial charge < -0.3 is 10.1 Å². The van der Waals surface area contributed by atoms with Gasteiger partial charge in [-0.05, 0) is 37.1 Å². The van der Waals surface area contributed by atoms with E-state index in [0.717, 1.165) is 11.3 Å². The SMILES string of the molecule is CC(C)Oc1ccc(CNC(=O)CNC(c2ccccc2)C(F)(F)F)cc1. The maximum absolute atomic E-state index is 13.2. The van der Waals surface area contributed by atoms with Crippen molar-refractivity contribution in [3.63, 3.8) is 0 Å². The second-order valence-electron chi connectivity index (χ2n) is 6.35. The lowest BCUT2D eigenvalue weighted by molar-refractivity contribution is -0.158. The van der Waals surface area contributed by atoms with Crippen LogP contribution in [0.15, 0.2) is 54.6 Å². The molecule has 0 radical (unpaired) electrons. The van der Waals surface area contributed by atoms with Gasteiger partial charge in [-0.1, -0.05) is 42.5 Å². The molecule has 2 rings (SSSR count). The third kappa shape index (κ3) is 6.94. The van der Waals surface area contributed by atoms with E-state index in [1.807, 2.05) is 13.8 Å². The molecule has 0 heterocycles. The maximum Gasteiger partial charge on any atom is 0.407 e. The Labute approximate surface area is 156 Å². The minimum atomic E-state index is -4.49. The lowest BCUT2D eigenvalue weighted by Gasteiger charge is -2.22.